The summed E-state index contributed by atoms with van der Waals surface area (Å²) in [5.41, 5.74) is 6.06. The second kappa shape index (κ2) is 9.00. The van der Waals surface area contributed by atoms with Crippen LogP contribution in [0.1, 0.15) is 88.4 Å². The third-order valence-electron chi connectivity index (χ3n) is 5.40. The molecule has 2 aromatic carbocycles. The summed E-state index contributed by atoms with van der Waals surface area (Å²) in [5.74, 6) is 0.475. The van der Waals surface area contributed by atoms with Gasteiger partial charge in [-0.1, -0.05) is 86.9 Å². The molecular weight excluding hydrogens is 373 g/mol. The van der Waals surface area contributed by atoms with Crippen molar-refractivity contribution in [3.63, 3.8) is 0 Å². The smallest absolute Gasteiger partial charge is 0.123 e. The summed E-state index contributed by atoms with van der Waals surface area (Å²) in [4.78, 5) is 4.25. The highest BCUT2D eigenvalue weighted by Crippen LogP contribution is 2.46. The minimum absolute atomic E-state index is 0.0355. The Morgan fingerprint density at radius 3 is 2.21 bits per heavy atom. The quantitative estimate of drug-likeness (QED) is 0.426. The van der Waals surface area contributed by atoms with Crippen LogP contribution in [0, 0.1) is 6.92 Å². The number of rotatable bonds is 5. The maximum absolute atomic E-state index is 11.3. The fourth-order valence-corrected chi connectivity index (χ4v) is 5.01. The average Bonchev–Trinajstić information content (AvgIpc) is 2.60. The molecule has 2 unspecified atom stereocenters. The molecule has 158 valence electrons. The van der Waals surface area contributed by atoms with Crippen LogP contribution in [0.4, 0.5) is 0 Å². The molecule has 0 amide bonds. The van der Waals surface area contributed by atoms with E-state index in [4.69, 9.17) is 0 Å². The van der Waals surface area contributed by atoms with Crippen LogP contribution in [0.2, 0.25) is 0 Å². The second-order valence-corrected chi connectivity index (χ2v) is 11.6. The zero-order valence-corrected chi connectivity index (χ0v) is 20.6. The molecule has 0 fully saturated rings. The topological polar surface area (TPSA) is 32.6 Å². The largest absolute Gasteiger partial charge is 0.507 e. The molecule has 2 nitrogen and oxygen atoms in total. The van der Waals surface area contributed by atoms with Gasteiger partial charge in [0.25, 0.3) is 0 Å². The van der Waals surface area contributed by atoms with E-state index in [-0.39, 0.29) is 16.5 Å². The van der Waals surface area contributed by atoms with Crippen molar-refractivity contribution in [3.8, 4) is 5.75 Å². The van der Waals surface area contributed by atoms with Gasteiger partial charge in [-0.2, -0.15) is 0 Å². The average molecular weight is 412 g/mol. The van der Waals surface area contributed by atoms with Crippen molar-refractivity contribution in [2.24, 2.45) is 4.99 Å². The third-order valence-corrected chi connectivity index (χ3v) is 7.24. The number of phenolic OH excluding ortho intramolecular Hbond substituents is 1. The molecule has 0 aromatic heterocycles. The van der Waals surface area contributed by atoms with Gasteiger partial charge in [0, 0.05) is 24.5 Å². The minimum atomic E-state index is -0.106. The summed E-state index contributed by atoms with van der Waals surface area (Å²) < 4.78 is 0. The first-order valence-electron chi connectivity index (χ1n) is 10.6. The zero-order chi connectivity index (χ0) is 22.0. The highest BCUT2D eigenvalue weighted by Gasteiger charge is 2.27. The van der Waals surface area contributed by atoms with Gasteiger partial charge in [-0.3, -0.25) is 4.99 Å². The standard InChI is InChI=1S/C26H38NOP/c1-10-22(29-23-12-11-17(2)13-18(23)16-27-9)20-14-19(25(3,4)5)15-21(24(20)28)26(6,7)8/h11-16,22,28-29H,10H2,1-9H3. The van der Waals surface area contributed by atoms with Crippen LogP contribution < -0.4 is 5.30 Å². The Balaban J connectivity index is 2.62. The van der Waals surface area contributed by atoms with Crippen molar-refractivity contribution < 1.29 is 5.11 Å². The lowest BCUT2D eigenvalue weighted by molar-refractivity contribution is 0.437. The maximum Gasteiger partial charge on any atom is 0.123 e. The highest BCUT2D eigenvalue weighted by atomic mass is 31.1. The van der Waals surface area contributed by atoms with Crippen molar-refractivity contribution in [2.75, 3.05) is 7.05 Å². The van der Waals surface area contributed by atoms with Gasteiger partial charge in [0.05, 0.1) is 0 Å². The van der Waals surface area contributed by atoms with Gasteiger partial charge in [-0.05, 0) is 52.2 Å². The molecule has 3 heteroatoms. The van der Waals surface area contributed by atoms with Gasteiger partial charge < -0.3 is 5.11 Å². The third kappa shape index (κ3) is 5.70. The molecule has 2 rings (SSSR count). The Labute approximate surface area is 179 Å². The molecule has 0 heterocycles. The summed E-state index contributed by atoms with van der Waals surface area (Å²) in [6, 6.07) is 11.0. The molecule has 0 saturated heterocycles. The number of benzene rings is 2. The highest BCUT2D eigenvalue weighted by molar-refractivity contribution is 7.47. The van der Waals surface area contributed by atoms with Crippen molar-refractivity contribution in [2.45, 2.75) is 78.3 Å². The lowest BCUT2D eigenvalue weighted by Crippen LogP contribution is -2.18. The predicted octanol–water partition coefficient (Wildman–Crippen LogP) is 6.80. The first-order valence-corrected chi connectivity index (χ1v) is 11.6. The van der Waals surface area contributed by atoms with Crippen LogP contribution in [0.25, 0.3) is 0 Å². The lowest BCUT2D eigenvalue weighted by Gasteiger charge is -2.29. The molecular formula is C26H38NOP. The van der Waals surface area contributed by atoms with Crippen LogP contribution in [-0.4, -0.2) is 18.4 Å². The number of nitrogens with zero attached hydrogens (tertiary/aromatic N) is 1. The van der Waals surface area contributed by atoms with Crippen molar-refractivity contribution in [1.82, 2.24) is 0 Å². The van der Waals surface area contributed by atoms with Gasteiger partial charge in [0.1, 0.15) is 5.75 Å². The Morgan fingerprint density at radius 1 is 1.03 bits per heavy atom. The number of aryl methyl sites for hydroxylation is 1. The fourth-order valence-electron chi connectivity index (χ4n) is 3.57. The number of aliphatic imine (C=N–C) groups is 1. The van der Waals surface area contributed by atoms with E-state index in [2.05, 4.69) is 90.7 Å². The molecule has 29 heavy (non-hydrogen) atoms. The Morgan fingerprint density at radius 2 is 1.69 bits per heavy atom. The summed E-state index contributed by atoms with van der Waals surface area (Å²) in [6.07, 6.45) is 2.94. The maximum atomic E-state index is 11.3. The molecule has 0 bridgehead atoms. The summed E-state index contributed by atoms with van der Waals surface area (Å²) in [7, 11) is 2.40. The predicted molar refractivity (Wildman–Crippen MR) is 131 cm³/mol. The van der Waals surface area contributed by atoms with Crippen LogP contribution >= 0.6 is 8.58 Å². The Hall–Kier alpha value is -1.66. The molecule has 0 aliphatic heterocycles. The van der Waals surface area contributed by atoms with Crippen LogP contribution in [-0.2, 0) is 10.8 Å². The first-order chi connectivity index (χ1) is 13.4. The van der Waals surface area contributed by atoms with E-state index in [0.29, 0.717) is 14.3 Å². The normalized spacial score (nSPS) is 14.2. The summed E-state index contributed by atoms with van der Waals surface area (Å²) in [5, 5.41) is 12.6. The molecule has 2 aromatic rings. The Kier molecular flexibility index (Phi) is 7.33. The molecule has 1 N–H and O–H groups in total. The molecule has 0 aliphatic carbocycles. The van der Waals surface area contributed by atoms with Crippen LogP contribution in [0.15, 0.2) is 35.3 Å². The van der Waals surface area contributed by atoms with E-state index < -0.39 is 0 Å². The number of hydrogen-bond acceptors (Lipinski definition) is 2. The zero-order valence-electron chi connectivity index (χ0n) is 19.6. The van der Waals surface area contributed by atoms with Crippen LogP contribution in [0.5, 0.6) is 5.75 Å². The van der Waals surface area contributed by atoms with Gasteiger partial charge >= 0.3 is 0 Å². The van der Waals surface area contributed by atoms with E-state index >= 15 is 0 Å². The van der Waals surface area contributed by atoms with E-state index in [0.717, 1.165) is 17.5 Å². The van der Waals surface area contributed by atoms with Gasteiger partial charge in [0.2, 0.25) is 0 Å². The van der Waals surface area contributed by atoms with Crippen molar-refractivity contribution >= 4 is 20.1 Å². The SMILES string of the molecule is CCC(Pc1ccc(C)cc1C=NC)c1cc(C(C)(C)C)cc(C(C)(C)C)c1O. The molecule has 0 saturated carbocycles. The summed E-state index contributed by atoms with van der Waals surface area (Å²) >= 11 is 0. The lowest BCUT2D eigenvalue weighted by atomic mass is 9.78. The van der Waals surface area contributed by atoms with Crippen molar-refractivity contribution in [1.29, 1.82) is 0 Å². The monoisotopic (exact) mass is 411 g/mol. The van der Waals surface area contributed by atoms with Gasteiger partial charge in [-0.25, -0.2) is 0 Å². The van der Waals surface area contributed by atoms with Crippen molar-refractivity contribution in [3.05, 3.63) is 58.1 Å². The molecule has 0 spiro atoms. The van der Waals surface area contributed by atoms with E-state index in [1.807, 2.05) is 13.3 Å². The van der Waals surface area contributed by atoms with Gasteiger partial charge in [0.15, 0.2) is 0 Å². The van der Waals surface area contributed by atoms with Gasteiger partial charge in [-0.15, -0.1) is 0 Å². The molecule has 2 atom stereocenters. The minimum Gasteiger partial charge on any atom is -0.507 e. The first kappa shape index (κ1) is 23.6. The second-order valence-electron chi connectivity index (χ2n) is 10.0. The fraction of sp³-hybridized carbons (Fsp3) is 0.500. The van der Waals surface area contributed by atoms with E-state index in [1.54, 1.807) is 0 Å². The summed E-state index contributed by atoms with van der Waals surface area (Å²) in [6.45, 7) is 17.6. The molecule has 0 aliphatic rings. The number of aromatic hydroxyl groups is 1. The van der Waals surface area contributed by atoms with E-state index in [9.17, 15) is 5.11 Å². The van der Waals surface area contributed by atoms with E-state index in [1.165, 1.54) is 22.0 Å². The van der Waals surface area contributed by atoms with Crippen LogP contribution in [0.3, 0.4) is 0 Å². The number of phenols is 1. The Bertz CT molecular complexity index is 885. The number of hydrogen-bond donors (Lipinski definition) is 1. The molecule has 0 radical (unpaired) electrons.